The number of hydrogen-bond donors (Lipinski definition) is 0. The fourth-order valence-corrected chi connectivity index (χ4v) is 3.57. The lowest BCUT2D eigenvalue weighted by atomic mass is 9.89. The summed E-state index contributed by atoms with van der Waals surface area (Å²) in [6.07, 6.45) is 6.91. The van der Waals surface area contributed by atoms with Crippen LogP contribution in [-0.4, -0.2) is 43.5 Å². The lowest BCUT2D eigenvalue weighted by molar-refractivity contribution is -0.150. The molecule has 0 aromatic rings. The second-order valence-corrected chi connectivity index (χ2v) is 5.95. The maximum absolute atomic E-state index is 6.10. The van der Waals surface area contributed by atoms with Crippen LogP contribution >= 0.6 is 15.9 Å². The zero-order valence-corrected chi connectivity index (χ0v) is 11.6. The van der Waals surface area contributed by atoms with Crippen LogP contribution in [0.4, 0.5) is 0 Å². The van der Waals surface area contributed by atoms with Crippen molar-refractivity contribution in [2.24, 2.45) is 0 Å². The van der Waals surface area contributed by atoms with E-state index in [0.29, 0.717) is 17.0 Å². The maximum atomic E-state index is 6.10. The van der Waals surface area contributed by atoms with Gasteiger partial charge in [0, 0.05) is 19.0 Å². The molecule has 2 aliphatic rings. The number of halogens is 1. The van der Waals surface area contributed by atoms with Crippen molar-refractivity contribution in [3.8, 4) is 0 Å². The van der Waals surface area contributed by atoms with Crippen LogP contribution in [0.5, 0.6) is 0 Å². The van der Waals surface area contributed by atoms with Crippen molar-refractivity contribution in [3.05, 3.63) is 0 Å². The van der Waals surface area contributed by atoms with Crippen molar-refractivity contribution >= 4 is 15.9 Å². The zero-order valence-electron chi connectivity index (χ0n) is 10.0. The molecule has 0 aromatic heterocycles. The summed E-state index contributed by atoms with van der Waals surface area (Å²) in [5.74, 6) is 0. The highest BCUT2D eigenvalue weighted by Gasteiger charge is 2.42. The van der Waals surface area contributed by atoms with E-state index in [1.807, 2.05) is 0 Å². The first-order valence-electron chi connectivity index (χ1n) is 6.09. The third-order valence-electron chi connectivity index (χ3n) is 3.73. The number of methoxy groups -OCH3 is 2. The van der Waals surface area contributed by atoms with Gasteiger partial charge in [0.1, 0.15) is 0 Å². The van der Waals surface area contributed by atoms with E-state index in [0.717, 1.165) is 12.8 Å². The number of alkyl halides is 1. The van der Waals surface area contributed by atoms with Gasteiger partial charge in [-0.25, -0.2) is 0 Å². The Hall–Kier alpha value is 0.360. The molecule has 2 rings (SSSR count). The molecule has 0 aliphatic heterocycles. The molecule has 3 nitrogen and oxygen atoms in total. The van der Waals surface area contributed by atoms with E-state index >= 15 is 0 Å². The molecule has 0 saturated heterocycles. The van der Waals surface area contributed by atoms with Crippen LogP contribution in [-0.2, 0) is 14.2 Å². The van der Waals surface area contributed by atoms with Crippen molar-refractivity contribution in [3.63, 3.8) is 0 Å². The molecule has 0 spiro atoms. The molecule has 16 heavy (non-hydrogen) atoms. The molecule has 0 bridgehead atoms. The molecule has 5 atom stereocenters. The van der Waals surface area contributed by atoms with Gasteiger partial charge in [-0.2, -0.15) is 0 Å². The molecule has 0 N–H and O–H groups in total. The smallest absolute Gasteiger partial charge is 0.0958 e. The SMILES string of the molecule is COC1CCCC(OC2CC(Br)C2OC)C1. The van der Waals surface area contributed by atoms with Crippen molar-refractivity contribution in [2.75, 3.05) is 14.2 Å². The number of hydrogen-bond acceptors (Lipinski definition) is 3. The van der Waals surface area contributed by atoms with Crippen molar-refractivity contribution in [1.82, 2.24) is 0 Å². The van der Waals surface area contributed by atoms with Crippen molar-refractivity contribution < 1.29 is 14.2 Å². The van der Waals surface area contributed by atoms with Crippen LogP contribution in [0, 0.1) is 0 Å². The molecule has 0 aromatic carbocycles. The van der Waals surface area contributed by atoms with E-state index < -0.39 is 0 Å². The molecule has 94 valence electrons. The average Bonchev–Trinajstić information content (AvgIpc) is 2.29. The summed E-state index contributed by atoms with van der Waals surface area (Å²) in [7, 11) is 3.55. The summed E-state index contributed by atoms with van der Waals surface area (Å²) in [5, 5.41) is 0. The van der Waals surface area contributed by atoms with Crippen LogP contribution in [0.1, 0.15) is 32.1 Å². The van der Waals surface area contributed by atoms with E-state index in [-0.39, 0.29) is 12.2 Å². The third-order valence-corrected chi connectivity index (χ3v) is 4.63. The summed E-state index contributed by atoms with van der Waals surface area (Å²) in [5.41, 5.74) is 0. The van der Waals surface area contributed by atoms with Crippen LogP contribution in [0.15, 0.2) is 0 Å². The minimum Gasteiger partial charge on any atom is -0.381 e. The zero-order chi connectivity index (χ0) is 11.5. The Kier molecular flexibility index (Phi) is 4.65. The molecule has 0 heterocycles. The Balaban J connectivity index is 1.77. The van der Waals surface area contributed by atoms with E-state index in [1.54, 1.807) is 14.2 Å². The fourth-order valence-electron chi connectivity index (χ4n) is 2.65. The summed E-state index contributed by atoms with van der Waals surface area (Å²) < 4.78 is 16.9. The lowest BCUT2D eigenvalue weighted by Gasteiger charge is -2.43. The first kappa shape index (κ1) is 12.8. The van der Waals surface area contributed by atoms with Gasteiger partial charge in [-0.05, 0) is 32.1 Å². The summed E-state index contributed by atoms with van der Waals surface area (Å²) >= 11 is 3.59. The normalized spacial score (nSPS) is 44.1. The van der Waals surface area contributed by atoms with E-state index in [2.05, 4.69) is 15.9 Å². The minimum absolute atomic E-state index is 0.225. The molecule has 2 saturated carbocycles. The number of rotatable bonds is 4. The second-order valence-electron chi connectivity index (χ2n) is 4.77. The van der Waals surface area contributed by atoms with Gasteiger partial charge in [0.25, 0.3) is 0 Å². The quantitative estimate of drug-likeness (QED) is 0.745. The van der Waals surface area contributed by atoms with Crippen LogP contribution < -0.4 is 0 Å². The van der Waals surface area contributed by atoms with Gasteiger partial charge < -0.3 is 14.2 Å². The third kappa shape index (κ3) is 2.78. The largest absolute Gasteiger partial charge is 0.381 e. The maximum Gasteiger partial charge on any atom is 0.0958 e. The molecule has 4 heteroatoms. The molecule has 2 fully saturated rings. The first-order valence-corrected chi connectivity index (χ1v) is 7.01. The molecule has 0 amide bonds. The fraction of sp³-hybridized carbons (Fsp3) is 1.00. The topological polar surface area (TPSA) is 27.7 Å². The van der Waals surface area contributed by atoms with E-state index in [9.17, 15) is 0 Å². The van der Waals surface area contributed by atoms with Crippen LogP contribution in [0.25, 0.3) is 0 Å². The Morgan fingerprint density at radius 3 is 2.38 bits per heavy atom. The Morgan fingerprint density at radius 1 is 1.00 bits per heavy atom. The van der Waals surface area contributed by atoms with E-state index in [4.69, 9.17) is 14.2 Å². The summed E-state index contributed by atoms with van der Waals surface area (Å²) in [4.78, 5) is 0.462. The van der Waals surface area contributed by atoms with Crippen molar-refractivity contribution in [1.29, 1.82) is 0 Å². The monoisotopic (exact) mass is 292 g/mol. The highest BCUT2D eigenvalue weighted by atomic mass is 79.9. The van der Waals surface area contributed by atoms with Gasteiger partial charge in [-0.3, -0.25) is 0 Å². The second kappa shape index (κ2) is 5.80. The Morgan fingerprint density at radius 2 is 1.75 bits per heavy atom. The van der Waals surface area contributed by atoms with Gasteiger partial charge in [0.15, 0.2) is 0 Å². The van der Waals surface area contributed by atoms with Crippen molar-refractivity contribution in [2.45, 2.75) is 61.3 Å². The van der Waals surface area contributed by atoms with E-state index in [1.165, 1.54) is 19.3 Å². The minimum atomic E-state index is 0.225. The molecule has 2 aliphatic carbocycles. The number of ether oxygens (including phenoxy) is 3. The van der Waals surface area contributed by atoms with Gasteiger partial charge in [-0.1, -0.05) is 15.9 Å². The van der Waals surface area contributed by atoms with Gasteiger partial charge >= 0.3 is 0 Å². The predicted molar refractivity (Wildman–Crippen MR) is 66.1 cm³/mol. The first-order chi connectivity index (χ1) is 7.74. The molecule has 5 unspecified atom stereocenters. The Labute approximate surface area is 106 Å². The molecular weight excluding hydrogens is 272 g/mol. The van der Waals surface area contributed by atoms with Crippen LogP contribution in [0.3, 0.4) is 0 Å². The van der Waals surface area contributed by atoms with Crippen LogP contribution in [0.2, 0.25) is 0 Å². The van der Waals surface area contributed by atoms with Gasteiger partial charge in [0.05, 0.1) is 24.4 Å². The van der Waals surface area contributed by atoms with Gasteiger partial charge in [0.2, 0.25) is 0 Å². The average molecular weight is 293 g/mol. The molecular formula is C12H21BrO3. The molecule has 0 radical (unpaired) electrons. The highest BCUT2D eigenvalue weighted by molar-refractivity contribution is 9.09. The Bertz CT molecular complexity index is 224. The predicted octanol–water partition coefficient (Wildman–Crippen LogP) is 2.51. The summed E-state index contributed by atoms with van der Waals surface area (Å²) in [6, 6.07) is 0. The lowest BCUT2D eigenvalue weighted by Crippen LogP contribution is -2.52. The summed E-state index contributed by atoms with van der Waals surface area (Å²) in [6.45, 7) is 0. The van der Waals surface area contributed by atoms with Gasteiger partial charge in [-0.15, -0.1) is 0 Å². The standard InChI is InChI=1S/C12H21BrO3/c1-14-8-4-3-5-9(6-8)16-11-7-10(13)12(11)15-2/h8-12H,3-7H2,1-2H3. The highest BCUT2D eigenvalue weighted by Crippen LogP contribution is 2.35.